The average molecular weight is 301 g/mol. The van der Waals surface area contributed by atoms with E-state index >= 15 is 0 Å². The first-order valence-electron chi connectivity index (χ1n) is 7.08. The summed E-state index contributed by atoms with van der Waals surface area (Å²) in [5.41, 5.74) is 9.59. The van der Waals surface area contributed by atoms with Crippen molar-refractivity contribution in [2.45, 2.75) is 6.92 Å². The van der Waals surface area contributed by atoms with Gasteiger partial charge in [0, 0.05) is 42.9 Å². The Bertz CT molecular complexity index is 627. The zero-order valence-electron chi connectivity index (χ0n) is 12.1. The SMILES string of the molecule is Cc1cscc1C(=O)N1CCN(c2ccc(N)cc2)CC1. The first-order valence-corrected chi connectivity index (χ1v) is 8.02. The number of hydrogen-bond donors (Lipinski definition) is 1. The predicted molar refractivity (Wildman–Crippen MR) is 88.0 cm³/mol. The number of carbonyl (C=O) groups is 1. The summed E-state index contributed by atoms with van der Waals surface area (Å²) in [6.45, 7) is 5.24. The van der Waals surface area contributed by atoms with Crippen LogP contribution in [-0.2, 0) is 0 Å². The molecule has 0 spiro atoms. The van der Waals surface area contributed by atoms with E-state index in [2.05, 4.69) is 4.90 Å². The number of piperazine rings is 1. The van der Waals surface area contributed by atoms with Crippen molar-refractivity contribution < 1.29 is 4.79 Å². The Hall–Kier alpha value is -2.01. The van der Waals surface area contributed by atoms with Crippen LogP contribution in [0.1, 0.15) is 15.9 Å². The van der Waals surface area contributed by atoms with Gasteiger partial charge in [0.25, 0.3) is 5.91 Å². The highest BCUT2D eigenvalue weighted by Gasteiger charge is 2.23. The van der Waals surface area contributed by atoms with Gasteiger partial charge in [-0.05, 0) is 42.1 Å². The fraction of sp³-hybridized carbons (Fsp3) is 0.312. The number of nitrogens with zero attached hydrogens (tertiary/aromatic N) is 2. The molecule has 1 aromatic carbocycles. The molecule has 1 aliphatic heterocycles. The van der Waals surface area contributed by atoms with E-state index in [0.29, 0.717) is 0 Å². The number of rotatable bonds is 2. The van der Waals surface area contributed by atoms with Crippen LogP contribution in [0.3, 0.4) is 0 Å². The molecule has 5 heteroatoms. The first kappa shape index (κ1) is 13.9. The van der Waals surface area contributed by atoms with Gasteiger partial charge in [0.1, 0.15) is 0 Å². The summed E-state index contributed by atoms with van der Waals surface area (Å²) in [4.78, 5) is 16.7. The third-order valence-corrected chi connectivity index (χ3v) is 4.77. The highest BCUT2D eigenvalue weighted by atomic mass is 32.1. The molecule has 1 aromatic heterocycles. The molecule has 3 rings (SSSR count). The minimum atomic E-state index is 0.158. The van der Waals surface area contributed by atoms with Gasteiger partial charge in [-0.25, -0.2) is 0 Å². The number of nitrogen functional groups attached to an aromatic ring is 1. The van der Waals surface area contributed by atoms with Crippen molar-refractivity contribution in [2.75, 3.05) is 36.8 Å². The van der Waals surface area contributed by atoms with Crippen molar-refractivity contribution in [2.24, 2.45) is 0 Å². The molecule has 1 fully saturated rings. The van der Waals surface area contributed by atoms with E-state index in [1.807, 2.05) is 46.8 Å². The molecular formula is C16H19N3OS. The second-order valence-electron chi connectivity index (χ2n) is 5.34. The highest BCUT2D eigenvalue weighted by molar-refractivity contribution is 7.08. The average Bonchev–Trinajstić information content (AvgIpc) is 2.94. The van der Waals surface area contributed by atoms with Gasteiger partial charge in [-0.1, -0.05) is 0 Å². The van der Waals surface area contributed by atoms with Gasteiger partial charge in [-0.3, -0.25) is 4.79 Å². The van der Waals surface area contributed by atoms with Crippen LogP contribution in [0.25, 0.3) is 0 Å². The molecule has 0 aliphatic carbocycles. The van der Waals surface area contributed by atoms with E-state index in [1.54, 1.807) is 11.3 Å². The smallest absolute Gasteiger partial charge is 0.255 e. The van der Waals surface area contributed by atoms with Gasteiger partial charge in [0.15, 0.2) is 0 Å². The Kier molecular flexibility index (Phi) is 3.84. The standard InChI is InChI=1S/C16H19N3OS/c1-12-10-21-11-15(12)16(20)19-8-6-18(7-9-19)14-4-2-13(17)3-5-14/h2-5,10-11H,6-9,17H2,1H3. The molecule has 2 N–H and O–H groups in total. The zero-order valence-corrected chi connectivity index (χ0v) is 12.9. The zero-order chi connectivity index (χ0) is 14.8. The van der Waals surface area contributed by atoms with E-state index in [4.69, 9.17) is 5.73 Å². The van der Waals surface area contributed by atoms with Gasteiger partial charge in [0.05, 0.1) is 5.56 Å². The van der Waals surface area contributed by atoms with Crippen molar-refractivity contribution in [3.63, 3.8) is 0 Å². The Labute approximate surface area is 128 Å². The number of amides is 1. The lowest BCUT2D eigenvalue weighted by atomic mass is 10.1. The van der Waals surface area contributed by atoms with Gasteiger partial charge < -0.3 is 15.5 Å². The Morgan fingerprint density at radius 2 is 1.76 bits per heavy atom. The van der Waals surface area contributed by atoms with Crippen LogP contribution < -0.4 is 10.6 Å². The van der Waals surface area contributed by atoms with Crippen LogP contribution in [0.5, 0.6) is 0 Å². The molecule has 1 aliphatic rings. The first-order chi connectivity index (χ1) is 10.1. The molecule has 4 nitrogen and oxygen atoms in total. The fourth-order valence-electron chi connectivity index (χ4n) is 2.60. The second-order valence-corrected chi connectivity index (χ2v) is 6.08. The number of thiophene rings is 1. The third kappa shape index (κ3) is 2.88. The number of aryl methyl sites for hydroxylation is 1. The molecule has 2 heterocycles. The Balaban J connectivity index is 1.64. The molecule has 110 valence electrons. The lowest BCUT2D eigenvalue weighted by molar-refractivity contribution is 0.0746. The summed E-state index contributed by atoms with van der Waals surface area (Å²) in [7, 11) is 0. The number of anilines is 2. The van der Waals surface area contributed by atoms with Crippen LogP contribution in [0.4, 0.5) is 11.4 Å². The van der Waals surface area contributed by atoms with Crippen molar-refractivity contribution in [3.05, 3.63) is 46.2 Å². The maximum absolute atomic E-state index is 12.5. The summed E-state index contributed by atoms with van der Waals surface area (Å²) in [5, 5.41) is 3.97. The molecule has 0 unspecified atom stereocenters. The number of carbonyl (C=O) groups excluding carboxylic acids is 1. The summed E-state index contributed by atoms with van der Waals surface area (Å²) in [5.74, 6) is 0.158. The van der Waals surface area contributed by atoms with Crippen molar-refractivity contribution in [1.82, 2.24) is 4.90 Å². The topological polar surface area (TPSA) is 49.6 Å². The van der Waals surface area contributed by atoms with E-state index < -0.39 is 0 Å². The Morgan fingerprint density at radius 1 is 1.10 bits per heavy atom. The van der Waals surface area contributed by atoms with Crippen molar-refractivity contribution >= 4 is 28.6 Å². The molecule has 0 atom stereocenters. The molecule has 21 heavy (non-hydrogen) atoms. The summed E-state index contributed by atoms with van der Waals surface area (Å²) in [6.07, 6.45) is 0. The van der Waals surface area contributed by atoms with Crippen molar-refractivity contribution in [1.29, 1.82) is 0 Å². The van der Waals surface area contributed by atoms with Crippen LogP contribution in [0.2, 0.25) is 0 Å². The van der Waals surface area contributed by atoms with Crippen LogP contribution >= 0.6 is 11.3 Å². The third-order valence-electron chi connectivity index (χ3n) is 3.91. The second kappa shape index (κ2) is 5.77. The maximum Gasteiger partial charge on any atom is 0.255 e. The minimum absolute atomic E-state index is 0.158. The number of hydrogen-bond acceptors (Lipinski definition) is 4. The highest BCUT2D eigenvalue weighted by Crippen LogP contribution is 2.20. The fourth-order valence-corrected chi connectivity index (χ4v) is 3.42. The monoisotopic (exact) mass is 301 g/mol. The largest absolute Gasteiger partial charge is 0.399 e. The van der Waals surface area contributed by atoms with Gasteiger partial charge >= 0.3 is 0 Å². The van der Waals surface area contributed by atoms with Crippen molar-refractivity contribution in [3.8, 4) is 0 Å². The van der Waals surface area contributed by atoms with E-state index in [-0.39, 0.29) is 5.91 Å². The van der Waals surface area contributed by atoms with Gasteiger partial charge in [-0.15, -0.1) is 0 Å². The van der Waals surface area contributed by atoms with Crippen LogP contribution in [0, 0.1) is 6.92 Å². The molecule has 0 saturated carbocycles. The molecule has 0 radical (unpaired) electrons. The maximum atomic E-state index is 12.5. The van der Waals surface area contributed by atoms with Gasteiger partial charge in [0.2, 0.25) is 0 Å². The minimum Gasteiger partial charge on any atom is -0.399 e. The van der Waals surface area contributed by atoms with E-state index in [0.717, 1.165) is 43.0 Å². The lowest BCUT2D eigenvalue weighted by Crippen LogP contribution is -2.48. The predicted octanol–water partition coefficient (Wildman–Crippen LogP) is 2.60. The van der Waals surface area contributed by atoms with E-state index in [9.17, 15) is 4.79 Å². The summed E-state index contributed by atoms with van der Waals surface area (Å²) in [6, 6.07) is 7.91. The Morgan fingerprint density at radius 3 is 2.33 bits per heavy atom. The molecule has 2 aromatic rings. The number of nitrogens with two attached hydrogens (primary N) is 1. The normalized spacial score (nSPS) is 15.3. The van der Waals surface area contributed by atoms with Crippen LogP contribution in [0.15, 0.2) is 35.0 Å². The lowest BCUT2D eigenvalue weighted by Gasteiger charge is -2.36. The van der Waals surface area contributed by atoms with Crippen LogP contribution in [-0.4, -0.2) is 37.0 Å². The summed E-state index contributed by atoms with van der Waals surface area (Å²) >= 11 is 1.59. The molecule has 0 bridgehead atoms. The molecule has 1 amide bonds. The number of benzene rings is 1. The molecular weight excluding hydrogens is 282 g/mol. The van der Waals surface area contributed by atoms with E-state index in [1.165, 1.54) is 5.69 Å². The quantitative estimate of drug-likeness (QED) is 0.868. The molecule has 1 saturated heterocycles. The van der Waals surface area contributed by atoms with Gasteiger partial charge in [-0.2, -0.15) is 11.3 Å². The summed E-state index contributed by atoms with van der Waals surface area (Å²) < 4.78 is 0.